The molecule has 0 aliphatic rings. The van der Waals surface area contributed by atoms with Crippen LogP contribution in [0.2, 0.25) is 0 Å². The molecule has 0 aliphatic carbocycles. The van der Waals surface area contributed by atoms with E-state index in [9.17, 15) is 13.2 Å². The molecule has 2 aromatic heterocycles. The van der Waals surface area contributed by atoms with Crippen LogP contribution in [-0.4, -0.2) is 16.1 Å². The highest BCUT2D eigenvalue weighted by atomic mass is 79.9. The average molecular weight is 463 g/mol. The number of aryl methyl sites for hydroxylation is 1. The maximum absolute atomic E-state index is 13.1. The molecule has 0 saturated carbocycles. The summed E-state index contributed by atoms with van der Waals surface area (Å²) in [6.07, 6.45) is -2.98. The molecule has 2 N–H and O–H groups in total. The van der Waals surface area contributed by atoms with Crippen LogP contribution in [0, 0.1) is 6.92 Å². The van der Waals surface area contributed by atoms with E-state index in [1.807, 2.05) is 0 Å². The van der Waals surface area contributed by atoms with Crippen LogP contribution in [0.25, 0.3) is 10.4 Å². The van der Waals surface area contributed by atoms with Gasteiger partial charge in [-0.05, 0) is 38.5 Å². The van der Waals surface area contributed by atoms with E-state index in [4.69, 9.17) is 5.73 Å². The number of thiazole rings is 1. The van der Waals surface area contributed by atoms with Gasteiger partial charge in [0.05, 0.1) is 16.3 Å². The highest BCUT2D eigenvalue weighted by Crippen LogP contribution is 2.41. The van der Waals surface area contributed by atoms with Crippen molar-refractivity contribution in [2.75, 3.05) is 5.73 Å². The quantitative estimate of drug-likeness (QED) is 0.676. The summed E-state index contributed by atoms with van der Waals surface area (Å²) in [4.78, 5) is 8.72. The van der Waals surface area contributed by atoms with E-state index in [2.05, 4.69) is 9.97 Å². The van der Waals surface area contributed by atoms with Gasteiger partial charge in [0.1, 0.15) is 5.41 Å². The fourth-order valence-corrected chi connectivity index (χ4v) is 2.57. The van der Waals surface area contributed by atoms with Crippen molar-refractivity contribution < 1.29 is 13.2 Å². The van der Waals surface area contributed by atoms with Crippen molar-refractivity contribution in [2.24, 2.45) is 0 Å². The summed E-state index contributed by atoms with van der Waals surface area (Å²) in [5.74, 6) is 0. The Hall–Kier alpha value is -0.670. The van der Waals surface area contributed by atoms with Crippen LogP contribution in [0.15, 0.2) is 18.3 Å². The monoisotopic (exact) mass is 461 g/mol. The molecule has 0 unspecified atom stereocenters. The van der Waals surface area contributed by atoms with Crippen LogP contribution in [0.4, 0.5) is 18.3 Å². The van der Waals surface area contributed by atoms with Crippen LogP contribution >= 0.6 is 45.3 Å². The van der Waals surface area contributed by atoms with E-state index in [1.54, 1.807) is 13.0 Å². The minimum atomic E-state index is -4.36. The predicted octanol–water partition coefficient (Wildman–Crippen LogP) is 5.09. The summed E-state index contributed by atoms with van der Waals surface area (Å²) in [6, 6.07) is 3.11. The maximum atomic E-state index is 13.1. The Morgan fingerprint density at radius 2 is 1.77 bits per heavy atom. The van der Waals surface area contributed by atoms with Crippen molar-refractivity contribution in [3.05, 3.63) is 29.7 Å². The molecule has 2 rings (SSSR count). The predicted molar refractivity (Wildman–Crippen MR) is 94.2 cm³/mol. The molecule has 0 fully saturated rings. The number of halogens is 5. The largest absolute Gasteiger partial charge is 0.399 e. The Kier molecular flexibility index (Phi) is 7.05. The maximum Gasteiger partial charge on any atom is 0.399 e. The highest BCUT2D eigenvalue weighted by Gasteiger charge is 2.49. The van der Waals surface area contributed by atoms with E-state index in [0.717, 1.165) is 18.7 Å². The zero-order chi connectivity index (χ0) is 15.1. The topological polar surface area (TPSA) is 51.8 Å². The number of nitrogen functional groups attached to an aromatic ring is 1. The van der Waals surface area contributed by atoms with Crippen LogP contribution in [0.1, 0.15) is 25.2 Å². The highest BCUT2D eigenvalue weighted by molar-refractivity contribution is 8.93. The van der Waals surface area contributed by atoms with Crippen molar-refractivity contribution in [2.45, 2.75) is 32.4 Å². The van der Waals surface area contributed by atoms with Gasteiger partial charge in [-0.15, -0.1) is 34.0 Å². The second kappa shape index (κ2) is 7.27. The Labute approximate surface area is 151 Å². The molecule has 9 heteroatoms. The zero-order valence-corrected chi connectivity index (χ0v) is 16.3. The first kappa shape index (κ1) is 21.3. The third-order valence-electron chi connectivity index (χ3n) is 3.18. The second-order valence-electron chi connectivity index (χ2n) is 5.02. The number of aromatic nitrogens is 2. The minimum absolute atomic E-state index is 0. The number of anilines is 1. The third-order valence-corrected chi connectivity index (χ3v) is 4.22. The molecule has 22 heavy (non-hydrogen) atoms. The normalized spacial score (nSPS) is 11.5. The first-order valence-electron chi connectivity index (χ1n) is 5.89. The second-order valence-corrected chi connectivity index (χ2v) is 6.05. The first-order chi connectivity index (χ1) is 9.13. The van der Waals surface area contributed by atoms with E-state index < -0.39 is 11.6 Å². The SMILES string of the molecule is Br.Br.Cc1nc(N)sc1-c1ccnc(C(C)(C)C(F)(F)F)c1. The Bertz CT molecular complexity index is 642. The van der Waals surface area contributed by atoms with Gasteiger partial charge in [0.2, 0.25) is 0 Å². The van der Waals surface area contributed by atoms with E-state index in [1.165, 1.54) is 23.6 Å². The standard InChI is InChI=1S/C13H14F3N3S.2BrH/c1-7-10(20-11(17)19-7)8-4-5-18-9(6-8)12(2,3)13(14,15)16;;/h4-6H,1-3H3,(H2,17,19);2*1H. The molecule has 0 saturated heterocycles. The number of hydrogen-bond acceptors (Lipinski definition) is 4. The van der Waals surface area contributed by atoms with E-state index >= 15 is 0 Å². The molecule has 2 aromatic rings. The fraction of sp³-hybridized carbons (Fsp3) is 0.385. The van der Waals surface area contributed by atoms with Gasteiger partial charge in [-0.25, -0.2) is 4.98 Å². The smallest absolute Gasteiger partial charge is 0.375 e. The van der Waals surface area contributed by atoms with Crippen molar-refractivity contribution >= 4 is 50.4 Å². The van der Waals surface area contributed by atoms with Gasteiger partial charge in [0.25, 0.3) is 0 Å². The Morgan fingerprint density at radius 1 is 1.18 bits per heavy atom. The molecule has 2 heterocycles. The average Bonchev–Trinajstić information content (AvgIpc) is 2.67. The van der Waals surface area contributed by atoms with Crippen LogP contribution in [-0.2, 0) is 5.41 Å². The lowest BCUT2D eigenvalue weighted by molar-refractivity contribution is -0.181. The number of alkyl halides is 3. The lowest BCUT2D eigenvalue weighted by Gasteiger charge is -2.27. The molecule has 0 aliphatic heterocycles. The summed E-state index contributed by atoms with van der Waals surface area (Å²) in [5.41, 5.74) is 4.95. The zero-order valence-electron chi connectivity index (χ0n) is 12.1. The lowest BCUT2D eigenvalue weighted by Crippen LogP contribution is -2.37. The number of nitrogens with two attached hydrogens (primary N) is 1. The Balaban J connectivity index is 0.00000220. The Morgan fingerprint density at radius 3 is 2.23 bits per heavy atom. The number of nitrogens with zero attached hydrogens (tertiary/aromatic N) is 2. The summed E-state index contributed by atoms with van der Waals surface area (Å²) in [6.45, 7) is 4.01. The third kappa shape index (κ3) is 3.99. The molecule has 124 valence electrons. The number of rotatable bonds is 2. The first-order valence-corrected chi connectivity index (χ1v) is 6.71. The van der Waals surface area contributed by atoms with Crippen molar-refractivity contribution in [1.29, 1.82) is 0 Å². The van der Waals surface area contributed by atoms with Crippen LogP contribution in [0.5, 0.6) is 0 Å². The summed E-state index contributed by atoms with van der Waals surface area (Å²) in [7, 11) is 0. The van der Waals surface area contributed by atoms with E-state index in [0.29, 0.717) is 16.4 Å². The van der Waals surface area contributed by atoms with Gasteiger partial charge >= 0.3 is 6.18 Å². The molecule has 3 nitrogen and oxygen atoms in total. The molecular weight excluding hydrogens is 447 g/mol. The summed E-state index contributed by atoms with van der Waals surface area (Å²) >= 11 is 1.25. The number of pyridine rings is 1. The molecule has 0 aromatic carbocycles. The van der Waals surface area contributed by atoms with Crippen LogP contribution < -0.4 is 5.73 Å². The van der Waals surface area contributed by atoms with Gasteiger partial charge in [0, 0.05) is 6.20 Å². The summed E-state index contributed by atoms with van der Waals surface area (Å²) < 4.78 is 39.2. The van der Waals surface area contributed by atoms with Gasteiger partial charge in [-0.2, -0.15) is 13.2 Å². The van der Waals surface area contributed by atoms with Crippen molar-refractivity contribution in [3.63, 3.8) is 0 Å². The molecule has 0 spiro atoms. The molecule has 0 radical (unpaired) electrons. The molecule has 0 amide bonds. The van der Waals surface area contributed by atoms with Crippen LogP contribution in [0.3, 0.4) is 0 Å². The van der Waals surface area contributed by atoms with Gasteiger partial charge < -0.3 is 5.73 Å². The molecule has 0 bridgehead atoms. The summed E-state index contributed by atoms with van der Waals surface area (Å²) in [5, 5.41) is 0.394. The fourth-order valence-electron chi connectivity index (χ4n) is 1.74. The molecule has 0 atom stereocenters. The van der Waals surface area contributed by atoms with Crippen molar-refractivity contribution in [3.8, 4) is 10.4 Å². The van der Waals surface area contributed by atoms with Gasteiger partial charge in [-0.1, -0.05) is 11.3 Å². The number of hydrogen-bond donors (Lipinski definition) is 1. The van der Waals surface area contributed by atoms with Gasteiger partial charge in [0.15, 0.2) is 5.13 Å². The van der Waals surface area contributed by atoms with Crippen molar-refractivity contribution in [1.82, 2.24) is 9.97 Å². The van der Waals surface area contributed by atoms with E-state index in [-0.39, 0.29) is 39.7 Å². The molecular formula is C13H16Br2F3N3S. The lowest BCUT2D eigenvalue weighted by atomic mass is 9.87. The minimum Gasteiger partial charge on any atom is -0.375 e. The van der Waals surface area contributed by atoms with Gasteiger partial charge in [-0.3, -0.25) is 4.98 Å².